The summed E-state index contributed by atoms with van der Waals surface area (Å²) in [5.74, 6) is 0.0602. The quantitative estimate of drug-likeness (QED) is 0.778. The molecule has 1 rings (SSSR count). The van der Waals surface area contributed by atoms with Gasteiger partial charge in [-0.1, -0.05) is 27.7 Å². The van der Waals surface area contributed by atoms with E-state index in [9.17, 15) is 4.79 Å². The highest BCUT2D eigenvalue weighted by molar-refractivity contribution is 5.67. The van der Waals surface area contributed by atoms with Gasteiger partial charge in [-0.05, 0) is 17.8 Å². The summed E-state index contributed by atoms with van der Waals surface area (Å²) in [6.45, 7) is 10.9. The van der Waals surface area contributed by atoms with E-state index in [4.69, 9.17) is 5.11 Å². The summed E-state index contributed by atoms with van der Waals surface area (Å²) >= 11 is 0. The topological polar surface area (TPSA) is 40.5 Å². The Kier molecular flexibility index (Phi) is 3.77. The zero-order valence-electron chi connectivity index (χ0n) is 10.3. The minimum absolute atomic E-state index is 0.207. The van der Waals surface area contributed by atoms with Gasteiger partial charge in [-0.15, -0.1) is 0 Å². The van der Waals surface area contributed by atoms with Crippen molar-refractivity contribution in [3.05, 3.63) is 0 Å². The second-order valence-electron chi connectivity index (χ2n) is 6.08. The van der Waals surface area contributed by atoms with Gasteiger partial charge in [0.1, 0.15) is 0 Å². The molecule has 0 aromatic heterocycles. The van der Waals surface area contributed by atoms with E-state index >= 15 is 0 Å². The normalized spacial score (nSPS) is 21.1. The number of nitrogens with zero attached hydrogens (tertiary/aromatic N) is 1. The molecular formula is C12H23NO2. The van der Waals surface area contributed by atoms with Crippen LogP contribution in [0.15, 0.2) is 0 Å². The minimum Gasteiger partial charge on any atom is -0.481 e. The molecule has 3 nitrogen and oxygen atoms in total. The molecular weight excluding hydrogens is 190 g/mol. The fourth-order valence-electron chi connectivity index (χ4n) is 2.28. The molecule has 1 N–H and O–H groups in total. The first-order chi connectivity index (χ1) is 6.78. The van der Waals surface area contributed by atoms with E-state index in [1.807, 2.05) is 0 Å². The maximum Gasteiger partial charge on any atom is 0.304 e. The Bertz CT molecular complexity index is 226. The van der Waals surface area contributed by atoms with E-state index in [1.54, 1.807) is 0 Å². The van der Waals surface area contributed by atoms with Gasteiger partial charge in [-0.2, -0.15) is 0 Å². The third-order valence-electron chi connectivity index (χ3n) is 2.87. The van der Waals surface area contributed by atoms with Crippen molar-refractivity contribution in [1.29, 1.82) is 0 Å². The molecule has 1 heterocycles. The lowest BCUT2D eigenvalue weighted by Gasteiger charge is -2.44. The van der Waals surface area contributed by atoms with Gasteiger partial charge in [0.05, 0.1) is 6.42 Å². The van der Waals surface area contributed by atoms with E-state index in [0.29, 0.717) is 0 Å². The van der Waals surface area contributed by atoms with Gasteiger partial charge in [-0.25, -0.2) is 0 Å². The first-order valence-corrected chi connectivity index (χ1v) is 5.74. The molecule has 1 fully saturated rings. The molecule has 0 amide bonds. The molecule has 0 aromatic rings. The average molecular weight is 213 g/mol. The van der Waals surface area contributed by atoms with Crippen molar-refractivity contribution in [3.8, 4) is 0 Å². The third-order valence-corrected chi connectivity index (χ3v) is 2.87. The van der Waals surface area contributed by atoms with Gasteiger partial charge >= 0.3 is 5.97 Å². The number of aliphatic carboxylic acids is 1. The van der Waals surface area contributed by atoms with Crippen LogP contribution in [0.1, 0.15) is 40.5 Å². The third kappa shape index (κ3) is 4.20. The molecule has 15 heavy (non-hydrogen) atoms. The zero-order valence-corrected chi connectivity index (χ0v) is 10.3. The summed E-state index contributed by atoms with van der Waals surface area (Å²) in [4.78, 5) is 13.1. The SMILES string of the molecule is CC1CN(C(CC(=O)O)CC(C)(C)C)C1. The number of hydrogen-bond acceptors (Lipinski definition) is 2. The van der Waals surface area contributed by atoms with Gasteiger partial charge in [0, 0.05) is 19.1 Å². The van der Waals surface area contributed by atoms with E-state index in [-0.39, 0.29) is 17.9 Å². The first-order valence-electron chi connectivity index (χ1n) is 5.74. The fourth-order valence-corrected chi connectivity index (χ4v) is 2.28. The van der Waals surface area contributed by atoms with Gasteiger partial charge < -0.3 is 5.11 Å². The highest BCUT2D eigenvalue weighted by atomic mass is 16.4. The van der Waals surface area contributed by atoms with E-state index < -0.39 is 5.97 Å². The molecule has 1 aliphatic rings. The van der Waals surface area contributed by atoms with E-state index in [0.717, 1.165) is 25.4 Å². The number of likely N-dealkylation sites (tertiary alicyclic amines) is 1. The second-order valence-corrected chi connectivity index (χ2v) is 6.08. The van der Waals surface area contributed by atoms with Gasteiger partial charge in [0.15, 0.2) is 0 Å². The van der Waals surface area contributed by atoms with Crippen LogP contribution in [0.5, 0.6) is 0 Å². The smallest absolute Gasteiger partial charge is 0.304 e. The van der Waals surface area contributed by atoms with Crippen LogP contribution in [-0.4, -0.2) is 35.1 Å². The number of rotatable bonds is 4. The molecule has 0 saturated carbocycles. The molecule has 1 unspecified atom stereocenters. The Morgan fingerprint density at radius 3 is 2.33 bits per heavy atom. The molecule has 1 saturated heterocycles. The maximum absolute atomic E-state index is 10.8. The van der Waals surface area contributed by atoms with Crippen LogP contribution in [0.4, 0.5) is 0 Å². The summed E-state index contributed by atoms with van der Waals surface area (Å²) in [6.07, 6.45) is 1.25. The lowest BCUT2D eigenvalue weighted by atomic mass is 9.84. The lowest BCUT2D eigenvalue weighted by Crippen LogP contribution is -2.52. The van der Waals surface area contributed by atoms with Crippen molar-refractivity contribution < 1.29 is 9.90 Å². The predicted octanol–water partition coefficient (Wildman–Crippen LogP) is 2.22. The molecule has 1 atom stereocenters. The van der Waals surface area contributed by atoms with Crippen molar-refractivity contribution in [2.45, 2.75) is 46.6 Å². The van der Waals surface area contributed by atoms with Crippen LogP contribution in [-0.2, 0) is 4.79 Å². The van der Waals surface area contributed by atoms with Crippen molar-refractivity contribution in [1.82, 2.24) is 4.90 Å². The van der Waals surface area contributed by atoms with Crippen LogP contribution in [0, 0.1) is 11.3 Å². The molecule has 0 aromatic carbocycles. The van der Waals surface area contributed by atoms with Crippen molar-refractivity contribution in [2.75, 3.05) is 13.1 Å². The molecule has 0 aliphatic carbocycles. The summed E-state index contributed by atoms with van der Waals surface area (Å²) in [6, 6.07) is 0.221. The Morgan fingerprint density at radius 1 is 1.47 bits per heavy atom. The molecule has 1 aliphatic heterocycles. The predicted molar refractivity (Wildman–Crippen MR) is 60.8 cm³/mol. The van der Waals surface area contributed by atoms with Crippen LogP contribution in [0.3, 0.4) is 0 Å². The summed E-state index contributed by atoms with van der Waals surface area (Å²) < 4.78 is 0. The number of carboxylic acids is 1. The molecule has 0 bridgehead atoms. The second kappa shape index (κ2) is 4.52. The van der Waals surface area contributed by atoms with Gasteiger partial charge in [-0.3, -0.25) is 9.69 Å². The largest absolute Gasteiger partial charge is 0.481 e. The van der Waals surface area contributed by atoms with Crippen molar-refractivity contribution in [3.63, 3.8) is 0 Å². The van der Waals surface area contributed by atoms with Crippen LogP contribution >= 0.6 is 0 Å². The van der Waals surface area contributed by atoms with Crippen LogP contribution in [0.2, 0.25) is 0 Å². The Hall–Kier alpha value is -0.570. The van der Waals surface area contributed by atoms with Gasteiger partial charge in [0.2, 0.25) is 0 Å². The molecule has 0 radical (unpaired) electrons. The Morgan fingerprint density at radius 2 is 2.00 bits per heavy atom. The minimum atomic E-state index is -0.677. The summed E-state index contributed by atoms with van der Waals surface area (Å²) in [5.41, 5.74) is 0.207. The van der Waals surface area contributed by atoms with E-state index in [1.165, 1.54) is 0 Å². The number of carboxylic acid groups (broad SMARTS) is 1. The summed E-state index contributed by atoms with van der Waals surface area (Å²) in [7, 11) is 0. The van der Waals surface area contributed by atoms with Crippen molar-refractivity contribution in [2.24, 2.45) is 11.3 Å². The number of hydrogen-bond donors (Lipinski definition) is 1. The highest BCUT2D eigenvalue weighted by Gasteiger charge is 2.33. The molecule has 3 heteroatoms. The monoisotopic (exact) mass is 213 g/mol. The lowest BCUT2D eigenvalue weighted by molar-refractivity contribution is -0.139. The molecule has 0 spiro atoms. The Balaban J connectivity index is 2.50. The van der Waals surface area contributed by atoms with E-state index in [2.05, 4.69) is 32.6 Å². The van der Waals surface area contributed by atoms with Crippen LogP contribution in [0.25, 0.3) is 0 Å². The zero-order chi connectivity index (χ0) is 11.6. The fraction of sp³-hybridized carbons (Fsp3) is 0.917. The van der Waals surface area contributed by atoms with Crippen molar-refractivity contribution >= 4 is 5.97 Å². The Labute approximate surface area is 92.5 Å². The maximum atomic E-state index is 10.8. The first kappa shape index (κ1) is 12.5. The molecule has 88 valence electrons. The highest BCUT2D eigenvalue weighted by Crippen LogP contribution is 2.29. The average Bonchev–Trinajstić information content (AvgIpc) is 1.93. The summed E-state index contributed by atoms with van der Waals surface area (Å²) in [5, 5.41) is 8.89. The van der Waals surface area contributed by atoms with Gasteiger partial charge in [0.25, 0.3) is 0 Å². The standard InChI is InChI=1S/C12H23NO2/c1-9-7-13(8-9)10(5-11(14)15)6-12(2,3)4/h9-10H,5-8H2,1-4H3,(H,14,15). The van der Waals surface area contributed by atoms with Crippen LogP contribution < -0.4 is 0 Å². The number of carbonyl (C=O) groups is 1.